The van der Waals surface area contributed by atoms with Crippen LogP contribution < -0.4 is 25.2 Å². The minimum absolute atomic E-state index is 0. The molecule has 1 amide bonds. The summed E-state index contributed by atoms with van der Waals surface area (Å²) in [6.45, 7) is -0.0915. The van der Waals surface area contributed by atoms with Crippen molar-refractivity contribution in [2.75, 3.05) is 26.1 Å². The van der Waals surface area contributed by atoms with E-state index in [0.29, 0.717) is 22.7 Å². The van der Waals surface area contributed by atoms with E-state index in [1.165, 1.54) is 38.5 Å². The Bertz CT molecular complexity index is 982. The molecule has 5 N–H and O–H groups in total. The Kier molecular flexibility index (Phi) is 8.89. The molecule has 2 rings (SSSR count). The van der Waals surface area contributed by atoms with E-state index in [1.54, 1.807) is 18.2 Å². The number of hydrogen-bond acceptors (Lipinski definition) is 6. The first-order valence-corrected chi connectivity index (χ1v) is 9.71. The van der Waals surface area contributed by atoms with Crippen LogP contribution >= 0.6 is 12.4 Å². The van der Waals surface area contributed by atoms with Crippen LogP contribution in [0.2, 0.25) is 0 Å². The number of nitrogens with two attached hydrogens (primary N) is 1. The molecule has 0 aliphatic carbocycles. The molecule has 0 radical (unpaired) electrons. The van der Waals surface area contributed by atoms with Crippen LogP contribution in [-0.4, -0.2) is 40.9 Å². The van der Waals surface area contributed by atoms with Crippen molar-refractivity contribution in [3.63, 3.8) is 0 Å². The van der Waals surface area contributed by atoms with E-state index in [2.05, 4.69) is 10.0 Å². The van der Waals surface area contributed by atoms with E-state index in [-0.39, 0.29) is 42.0 Å². The van der Waals surface area contributed by atoms with Crippen molar-refractivity contribution in [1.82, 2.24) is 4.72 Å². The van der Waals surface area contributed by atoms with Gasteiger partial charge in [0.25, 0.3) is 0 Å². The maximum absolute atomic E-state index is 12.3. The molecule has 2 aromatic rings. The molecule has 158 valence electrons. The molecule has 0 atom stereocenters. The second-order valence-electron chi connectivity index (χ2n) is 5.71. The van der Waals surface area contributed by atoms with Crippen LogP contribution in [0.5, 0.6) is 11.5 Å². The highest BCUT2D eigenvalue weighted by Crippen LogP contribution is 2.29. The van der Waals surface area contributed by atoms with Crippen molar-refractivity contribution in [2.24, 2.45) is 5.73 Å². The highest BCUT2D eigenvalue weighted by atomic mass is 35.5. The third kappa shape index (κ3) is 6.63. The van der Waals surface area contributed by atoms with Crippen molar-refractivity contribution in [2.45, 2.75) is 11.3 Å². The maximum atomic E-state index is 12.3. The molecule has 0 fully saturated rings. The summed E-state index contributed by atoms with van der Waals surface area (Å²) in [5.74, 6) is 0.395. The summed E-state index contributed by atoms with van der Waals surface area (Å²) in [6, 6.07) is 10.6. The van der Waals surface area contributed by atoms with Gasteiger partial charge >= 0.3 is 0 Å². The third-order valence-electron chi connectivity index (χ3n) is 3.77. The maximum Gasteiger partial charge on any atom is 0.240 e. The first kappa shape index (κ1) is 24.2. The van der Waals surface area contributed by atoms with Gasteiger partial charge in [0.2, 0.25) is 15.9 Å². The van der Waals surface area contributed by atoms with Gasteiger partial charge in [-0.2, -0.15) is 0 Å². The number of carbonyl (C=O) groups is 1. The number of amides is 1. The number of sulfonamides is 1. The quantitative estimate of drug-likeness (QED) is 0.344. The number of anilines is 1. The van der Waals surface area contributed by atoms with Gasteiger partial charge in [0.15, 0.2) is 11.5 Å². The van der Waals surface area contributed by atoms with Gasteiger partial charge in [0.05, 0.1) is 19.1 Å². The number of benzene rings is 2. The molecule has 0 heterocycles. The van der Waals surface area contributed by atoms with E-state index in [0.717, 1.165) is 0 Å². The van der Waals surface area contributed by atoms with Crippen molar-refractivity contribution in [1.29, 1.82) is 5.41 Å². The average molecular weight is 443 g/mol. The van der Waals surface area contributed by atoms with E-state index < -0.39 is 10.0 Å². The van der Waals surface area contributed by atoms with E-state index in [9.17, 15) is 13.2 Å². The average Bonchev–Trinajstić information content (AvgIpc) is 2.67. The number of nitrogen functional groups attached to an aromatic ring is 1. The van der Waals surface area contributed by atoms with E-state index >= 15 is 0 Å². The summed E-state index contributed by atoms with van der Waals surface area (Å²) in [7, 11) is -0.830. The van der Waals surface area contributed by atoms with Crippen LogP contribution in [0.3, 0.4) is 0 Å². The Morgan fingerprint density at radius 1 is 1.10 bits per heavy atom. The third-order valence-corrected chi connectivity index (χ3v) is 5.23. The van der Waals surface area contributed by atoms with Crippen LogP contribution in [0.1, 0.15) is 12.0 Å². The number of methoxy groups -OCH3 is 2. The number of rotatable bonds is 9. The smallest absolute Gasteiger partial charge is 0.240 e. The lowest BCUT2D eigenvalue weighted by atomic mass is 10.2. The summed E-state index contributed by atoms with van der Waals surface area (Å²) in [4.78, 5) is 12.0. The van der Waals surface area contributed by atoms with E-state index in [1.807, 2.05) is 0 Å². The summed E-state index contributed by atoms with van der Waals surface area (Å²) in [6.07, 6.45) is -0.0695. The molecular formula is C18H23ClN4O5S. The highest BCUT2D eigenvalue weighted by molar-refractivity contribution is 7.89. The minimum Gasteiger partial charge on any atom is -0.493 e. The standard InChI is InChI=1S/C18H22N4O5S.ClH/c1-26-15-7-6-13(11-16(15)27-2)22-17(23)8-9-21-28(24,25)14-5-3-4-12(10-14)18(19)20;/h3-7,10-11,21H,8-9H2,1-2H3,(H3,19,20)(H,22,23);1H. The first-order chi connectivity index (χ1) is 13.3. The van der Waals surface area contributed by atoms with Gasteiger partial charge in [-0.1, -0.05) is 12.1 Å². The van der Waals surface area contributed by atoms with Gasteiger partial charge in [-0.05, 0) is 24.3 Å². The molecule has 0 bridgehead atoms. The first-order valence-electron chi connectivity index (χ1n) is 8.23. The summed E-state index contributed by atoms with van der Waals surface area (Å²) in [5.41, 5.74) is 6.18. The number of nitrogens with one attached hydrogen (secondary N) is 3. The molecule has 11 heteroatoms. The summed E-state index contributed by atoms with van der Waals surface area (Å²) in [5, 5.41) is 10.0. The molecule has 0 aromatic heterocycles. The van der Waals surface area contributed by atoms with Crippen molar-refractivity contribution < 1.29 is 22.7 Å². The van der Waals surface area contributed by atoms with Crippen LogP contribution in [0.4, 0.5) is 5.69 Å². The number of amidine groups is 1. The van der Waals surface area contributed by atoms with Gasteiger partial charge < -0.3 is 20.5 Å². The molecule has 0 spiro atoms. The largest absolute Gasteiger partial charge is 0.493 e. The second kappa shape index (κ2) is 10.6. The zero-order valence-corrected chi connectivity index (χ0v) is 17.5. The SMILES string of the molecule is COc1ccc(NC(=O)CCNS(=O)(=O)c2cccc(C(=N)N)c2)cc1OC.Cl. The topological polar surface area (TPSA) is 144 Å². The second-order valence-corrected chi connectivity index (χ2v) is 7.47. The number of ether oxygens (including phenoxy) is 2. The normalized spacial score (nSPS) is 10.6. The highest BCUT2D eigenvalue weighted by Gasteiger charge is 2.15. The van der Waals surface area contributed by atoms with Gasteiger partial charge in [-0.15, -0.1) is 12.4 Å². The molecule has 0 saturated heterocycles. The Morgan fingerprint density at radius 3 is 2.41 bits per heavy atom. The molecule has 0 saturated carbocycles. The predicted octanol–water partition coefficient (Wildman–Crippen LogP) is 1.72. The number of halogens is 1. The molecule has 9 nitrogen and oxygen atoms in total. The number of carbonyl (C=O) groups excluding carboxylic acids is 1. The van der Waals surface area contributed by atoms with Crippen LogP contribution in [0, 0.1) is 5.41 Å². The predicted molar refractivity (Wildman–Crippen MR) is 113 cm³/mol. The minimum atomic E-state index is -3.82. The lowest BCUT2D eigenvalue weighted by Crippen LogP contribution is -2.28. The van der Waals surface area contributed by atoms with Gasteiger partial charge in [0.1, 0.15) is 5.84 Å². The lowest BCUT2D eigenvalue weighted by Gasteiger charge is -2.11. The van der Waals surface area contributed by atoms with Gasteiger partial charge in [-0.3, -0.25) is 10.2 Å². The molecular weight excluding hydrogens is 420 g/mol. The Labute approximate surface area is 175 Å². The Morgan fingerprint density at radius 2 is 1.79 bits per heavy atom. The van der Waals surface area contributed by atoms with Crippen LogP contribution in [0.25, 0.3) is 0 Å². The lowest BCUT2D eigenvalue weighted by molar-refractivity contribution is -0.116. The molecule has 2 aromatic carbocycles. The zero-order chi connectivity index (χ0) is 20.7. The van der Waals surface area contributed by atoms with Crippen molar-refractivity contribution in [3.8, 4) is 11.5 Å². The Balaban J connectivity index is 0.00000420. The fourth-order valence-corrected chi connectivity index (χ4v) is 3.43. The van der Waals surface area contributed by atoms with Crippen LogP contribution in [0.15, 0.2) is 47.4 Å². The van der Waals surface area contributed by atoms with Crippen molar-refractivity contribution >= 4 is 39.9 Å². The van der Waals surface area contributed by atoms with E-state index in [4.69, 9.17) is 20.6 Å². The summed E-state index contributed by atoms with van der Waals surface area (Å²) >= 11 is 0. The zero-order valence-electron chi connectivity index (χ0n) is 15.9. The number of hydrogen-bond donors (Lipinski definition) is 4. The fraction of sp³-hybridized carbons (Fsp3) is 0.222. The molecule has 0 aliphatic rings. The van der Waals surface area contributed by atoms with Gasteiger partial charge in [-0.25, -0.2) is 13.1 Å². The molecule has 0 aliphatic heterocycles. The monoisotopic (exact) mass is 442 g/mol. The van der Waals surface area contributed by atoms with Crippen LogP contribution in [-0.2, 0) is 14.8 Å². The summed E-state index contributed by atoms with van der Waals surface area (Å²) < 4.78 is 37.3. The fourth-order valence-electron chi connectivity index (χ4n) is 2.35. The molecule has 0 unspecified atom stereocenters. The van der Waals surface area contributed by atoms with Crippen molar-refractivity contribution in [3.05, 3.63) is 48.0 Å². The molecule has 29 heavy (non-hydrogen) atoms. The Hall–Kier alpha value is -2.82. The van der Waals surface area contributed by atoms with Gasteiger partial charge in [0, 0.05) is 30.3 Å².